The number of Topliss-reactive ketones (excluding diaryl/α,β-unsaturated/α-hetero) is 1. The van der Waals surface area contributed by atoms with Crippen molar-refractivity contribution in [1.82, 2.24) is 4.31 Å². The number of ketones is 1. The van der Waals surface area contributed by atoms with Crippen molar-refractivity contribution in [3.8, 4) is 0 Å². The number of fused-ring (bicyclic) bond motifs is 2. The van der Waals surface area contributed by atoms with Crippen molar-refractivity contribution in [3.05, 3.63) is 42.6 Å². The lowest BCUT2D eigenvalue weighted by Crippen LogP contribution is -2.43. The molecule has 2 unspecified atom stereocenters. The zero-order valence-electron chi connectivity index (χ0n) is 11.1. The minimum atomic E-state index is -3.64. The Morgan fingerprint density at radius 2 is 1.90 bits per heavy atom. The van der Waals surface area contributed by atoms with E-state index in [-0.39, 0.29) is 10.7 Å². The Kier molecular flexibility index (Phi) is 3.38. The summed E-state index contributed by atoms with van der Waals surface area (Å²) in [6.07, 6.45) is 6.42. The van der Waals surface area contributed by atoms with Crippen molar-refractivity contribution in [2.45, 2.75) is 36.6 Å². The van der Waals surface area contributed by atoms with E-state index in [0.29, 0.717) is 18.8 Å². The van der Waals surface area contributed by atoms with E-state index >= 15 is 0 Å². The first-order valence-electron chi connectivity index (χ1n) is 6.88. The molecular formula is C15H17NO3S. The van der Waals surface area contributed by atoms with Gasteiger partial charge in [0.05, 0.1) is 4.90 Å². The van der Waals surface area contributed by atoms with Crippen LogP contribution in [0.1, 0.15) is 25.7 Å². The number of hydrogen-bond acceptors (Lipinski definition) is 3. The molecule has 2 atom stereocenters. The van der Waals surface area contributed by atoms with Crippen molar-refractivity contribution < 1.29 is 13.2 Å². The largest absolute Gasteiger partial charge is 0.297 e. The van der Waals surface area contributed by atoms with E-state index in [4.69, 9.17) is 0 Å². The summed E-state index contributed by atoms with van der Waals surface area (Å²) in [5.74, 6) is 0.366. The van der Waals surface area contributed by atoms with Gasteiger partial charge in [-0.25, -0.2) is 8.42 Å². The van der Waals surface area contributed by atoms with Crippen LogP contribution in [0.4, 0.5) is 0 Å². The van der Waals surface area contributed by atoms with Crippen LogP contribution in [0.2, 0.25) is 0 Å². The van der Waals surface area contributed by atoms with E-state index in [0.717, 1.165) is 12.8 Å². The van der Waals surface area contributed by atoms with Crippen LogP contribution in [0.3, 0.4) is 0 Å². The number of allylic oxidation sites excluding steroid dienone is 1. The second-order valence-electron chi connectivity index (χ2n) is 5.36. The third kappa shape index (κ3) is 2.26. The van der Waals surface area contributed by atoms with Crippen LogP contribution in [0.25, 0.3) is 0 Å². The minimum Gasteiger partial charge on any atom is -0.297 e. The lowest BCUT2D eigenvalue weighted by molar-refractivity contribution is -0.122. The molecule has 1 aromatic rings. The van der Waals surface area contributed by atoms with Gasteiger partial charge in [-0.15, -0.1) is 0 Å². The molecule has 1 aromatic carbocycles. The molecule has 20 heavy (non-hydrogen) atoms. The average molecular weight is 291 g/mol. The molecule has 0 saturated heterocycles. The lowest BCUT2D eigenvalue weighted by Gasteiger charge is -2.32. The van der Waals surface area contributed by atoms with E-state index in [9.17, 15) is 13.2 Å². The van der Waals surface area contributed by atoms with Crippen molar-refractivity contribution in [1.29, 1.82) is 0 Å². The summed E-state index contributed by atoms with van der Waals surface area (Å²) in [7, 11) is -3.64. The van der Waals surface area contributed by atoms with Crippen LogP contribution in [-0.4, -0.2) is 24.5 Å². The summed E-state index contributed by atoms with van der Waals surface area (Å²) in [5.41, 5.74) is 0. The number of carbonyl (C=O) groups is 1. The van der Waals surface area contributed by atoms with Gasteiger partial charge in [0.2, 0.25) is 0 Å². The molecule has 0 radical (unpaired) electrons. The summed E-state index contributed by atoms with van der Waals surface area (Å²) in [6, 6.07) is 7.76. The lowest BCUT2D eigenvalue weighted by atomic mass is 9.95. The van der Waals surface area contributed by atoms with Gasteiger partial charge in [0, 0.05) is 12.6 Å². The Morgan fingerprint density at radius 1 is 1.15 bits per heavy atom. The first-order valence-corrected chi connectivity index (χ1v) is 8.32. The van der Waals surface area contributed by atoms with Gasteiger partial charge >= 0.3 is 0 Å². The molecule has 0 aromatic heterocycles. The molecule has 5 heteroatoms. The van der Waals surface area contributed by atoms with Gasteiger partial charge in [0.25, 0.3) is 10.0 Å². The monoisotopic (exact) mass is 291 g/mol. The van der Waals surface area contributed by atoms with Gasteiger partial charge in [0.1, 0.15) is 6.04 Å². The minimum absolute atomic E-state index is 0.0383. The SMILES string of the molecule is O=C1CCCC2C=CN(S(=O)(=O)c3ccccc3)C1C2. The molecule has 0 spiro atoms. The zero-order valence-corrected chi connectivity index (χ0v) is 11.9. The predicted octanol–water partition coefficient (Wildman–Crippen LogP) is 2.33. The molecule has 2 aliphatic rings. The fourth-order valence-corrected chi connectivity index (χ4v) is 4.45. The Balaban J connectivity index is 2.01. The molecule has 3 rings (SSSR count). The number of rotatable bonds is 2. The highest BCUT2D eigenvalue weighted by molar-refractivity contribution is 7.89. The van der Waals surface area contributed by atoms with Crippen LogP contribution in [0.5, 0.6) is 0 Å². The van der Waals surface area contributed by atoms with Crippen LogP contribution in [-0.2, 0) is 14.8 Å². The molecule has 4 nitrogen and oxygen atoms in total. The number of benzene rings is 1. The smallest absolute Gasteiger partial charge is 0.264 e. The van der Waals surface area contributed by atoms with Crippen molar-refractivity contribution in [3.63, 3.8) is 0 Å². The number of hydrogen-bond donors (Lipinski definition) is 0. The van der Waals surface area contributed by atoms with Gasteiger partial charge < -0.3 is 0 Å². The highest BCUT2D eigenvalue weighted by atomic mass is 32.2. The van der Waals surface area contributed by atoms with E-state index in [1.807, 2.05) is 6.08 Å². The van der Waals surface area contributed by atoms with Crippen LogP contribution >= 0.6 is 0 Å². The standard InChI is InChI=1S/C15H17NO3S/c17-15-8-4-5-12-9-10-16(14(15)11-12)20(18,19)13-6-2-1-3-7-13/h1-3,6-7,9-10,12,14H,4-5,8,11H2. The number of carbonyl (C=O) groups excluding carboxylic acids is 1. The molecular weight excluding hydrogens is 274 g/mol. The molecule has 1 heterocycles. The maximum Gasteiger partial charge on any atom is 0.264 e. The maximum atomic E-state index is 12.7. The quantitative estimate of drug-likeness (QED) is 0.840. The number of nitrogens with zero attached hydrogens (tertiary/aromatic N) is 1. The second kappa shape index (κ2) is 5.05. The molecule has 106 valence electrons. The van der Waals surface area contributed by atoms with E-state index in [1.165, 1.54) is 4.31 Å². The predicted molar refractivity (Wildman–Crippen MR) is 75.4 cm³/mol. The summed E-state index contributed by atoms with van der Waals surface area (Å²) >= 11 is 0. The van der Waals surface area contributed by atoms with E-state index < -0.39 is 16.1 Å². The fourth-order valence-electron chi connectivity index (χ4n) is 2.93. The molecule has 0 amide bonds. The molecule has 1 aliphatic carbocycles. The Hall–Kier alpha value is -1.62. The summed E-state index contributed by atoms with van der Waals surface area (Å²) in [6.45, 7) is 0. The van der Waals surface area contributed by atoms with Gasteiger partial charge in [-0.2, -0.15) is 0 Å². The van der Waals surface area contributed by atoms with Gasteiger partial charge in [-0.05, 0) is 37.3 Å². The van der Waals surface area contributed by atoms with Gasteiger partial charge in [-0.3, -0.25) is 9.10 Å². The first-order chi connectivity index (χ1) is 9.59. The third-order valence-corrected chi connectivity index (χ3v) is 5.83. The van der Waals surface area contributed by atoms with Gasteiger partial charge in [0.15, 0.2) is 5.78 Å². The van der Waals surface area contributed by atoms with Crippen molar-refractivity contribution in [2.75, 3.05) is 0 Å². The maximum absolute atomic E-state index is 12.7. The van der Waals surface area contributed by atoms with E-state index in [2.05, 4.69) is 0 Å². The topological polar surface area (TPSA) is 54.5 Å². The van der Waals surface area contributed by atoms with Crippen LogP contribution in [0, 0.1) is 5.92 Å². The molecule has 1 saturated carbocycles. The summed E-state index contributed by atoms with van der Waals surface area (Å²) < 4.78 is 26.6. The van der Waals surface area contributed by atoms with Crippen molar-refractivity contribution >= 4 is 15.8 Å². The van der Waals surface area contributed by atoms with E-state index in [1.54, 1.807) is 36.5 Å². The Labute approximate surface area is 119 Å². The van der Waals surface area contributed by atoms with Gasteiger partial charge in [-0.1, -0.05) is 24.3 Å². The first kappa shape index (κ1) is 13.4. The molecule has 1 fully saturated rings. The van der Waals surface area contributed by atoms with Crippen molar-refractivity contribution in [2.24, 2.45) is 5.92 Å². The van der Waals surface area contributed by atoms with Crippen LogP contribution in [0.15, 0.2) is 47.5 Å². The summed E-state index contributed by atoms with van der Waals surface area (Å²) in [4.78, 5) is 12.4. The highest BCUT2D eigenvalue weighted by Crippen LogP contribution is 2.33. The Morgan fingerprint density at radius 3 is 2.65 bits per heavy atom. The second-order valence-corrected chi connectivity index (χ2v) is 7.20. The third-order valence-electron chi connectivity index (χ3n) is 4.03. The number of sulfonamides is 1. The zero-order chi connectivity index (χ0) is 14.2. The molecule has 1 aliphatic heterocycles. The highest BCUT2D eigenvalue weighted by Gasteiger charge is 2.38. The normalized spacial score (nSPS) is 26.4. The fraction of sp³-hybridized carbons (Fsp3) is 0.400. The van der Waals surface area contributed by atoms with Crippen LogP contribution < -0.4 is 0 Å². The molecule has 0 N–H and O–H groups in total. The average Bonchev–Trinajstić information content (AvgIpc) is 2.60. The summed E-state index contributed by atoms with van der Waals surface area (Å²) in [5, 5.41) is 0. The Bertz CT molecular complexity index is 636. The molecule has 2 bridgehead atoms.